The number of para-hydroxylation sites is 1. The molecule has 4 nitrogen and oxygen atoms in total. The number of anilines is 1. The van der Waals surface area contributed by atoms with E-state index >= 15 is 0 Å². The average molecular weight is 389 g/mol. The molecule has 0 bridgehead atoms. The molecule has 1 fully saturated rings. The van der Waals surface area contributed by atoms with Gasteiger partial charge in [-0.05, 0) is 36.8 Å². The number of nitrogens with one attached hydrogen (secondary N) is 1. The molecule has 20 heavy (non-hydrogen) atoms. The van der Waals surface area contributed by atoms with E-state index in [1.54, 1.807) is 7.11 Å². The van der Waals surface area contributed by atoms with Crippen molar-refractivity contribution < 1.29 is 4.74 Å². The molecule has 0 saturated heterocycles. The van der Waals surface area contributed by atoms with Crippen molar-refractivity contribution in [3.8, 4) is 0 Å². The molecule has 0 radical (unpaired) electrons. The van der Waals surface area contributed by atoms with E-state index in [-0.39, 0.29) is 24.0 Å². The Hall–Kier alpha value is -0.820. The average Bonchev–Trinajstić information content (AvgIpc) is 2.38. The molecule has 0 aliphatic heterocycles. The molecule has 0 heterocycles. The molecule has 0 unspecified atom stereocenters. The van der Waals surface area contributed by atoms with E-state index in [1.807, 2.05) is 30.3 Å². The number of guanidine groups is 1. The third-order valence-electron chi connectivity index (χ3n) is 3.88. The topological polar surface area (TPSA) is 59.6 Å². The van der Waals surface area contributed by atoms with E-state index < -0.39 is 0 Å². The van der Waals surface area contributed by atoms with Crippen LogP contribution in [0.15, 0.2) is 35.3 Å². The molecule has 1 aliphatic carbocycles. The summed E-state index contributed by atoms with van der Waals surface area (Å²) in [4.78, 5) is 4.49. The molecule has 5 heteroatoms. The quantitative estimate of drug-likeness (QED) is 0.446. The Morgan fingerprint density at radius 3 is 2.60 bits per heavy atom. The van der Waals surface area contributed by atoms with Crippen molar-refractivity contribution >= 4 is 35.6 Å². The number of benzene rings is 1. The van der Waals surface area contributed by atoms with E-state index in [4.69, 9.17) is 10.5 Å². The summed E-state index contributed by atoms with van der Waals surface area (Å²) >= 11 is 0. The first-order valence-corrected chi connectivity index (χ1v) is 6.85. The Kier molecular flexibility index (Phi) is 7.29. The van der Waals surface area contributed by atoms with Gasteiger partial charge in [-0.3, -0.25) is 4.99 Å². The molecule has 112 valence electrons. The summed E-state index contributed by atoms with van der Waals surface area (Å²) in [6.07, 6.45) is 4.84. The van der Waals surface area contributed by atoms with Crippen molar-refractivity contribution in [1.29, 1.82) is 0 Å². The minimum absolute atomic E-state index is 0. The van der Waals surface area contributed by atoms with Gasteiger partial charge in [-0.1, -0.05) is 24.6 Å². The van der Waals surface area contributed by atoms with Crippen LogP contribution in [-0.2, 0) is 4.74 Å². The summed E-state index contributed by atoms with van der Waals surface area (Å²) in [5, 5.41) is 3.12. The monoisotopic (exact) mass is 389 g/mol. The van der Waals surface area contributed by atoms with Crippen molar-refractivity contribution in [3.05, 3.63) is 30.3 Å². The number of ether oxygens (including phenoxy) is 1. The lowest BCUT2D eigenvalue weighted by atomic mass is 9.67. The molecule has 0 spiro atoms. The van der Waals surface area contributed by atoms with Crippen LogP contribution in [0.5, 0.6) is 0 Å². The van der Waals surface area contributed by atoms with E-state index in [1.165, 1.54) is 19.3 Å². The van der Waals surface area contributed by atoms with E-state index in [0.717, 1.165) is 25.3 Å². The van der Waals surface area contributed by atoms with Crippen LogP contribution in [0.3, 0.4) is 0 Å². The Labute approximate surface area is 138 Å². The SMILES string of the molecule is COCCC1(CN=C(N)Nc2ccccc2)CCC1.I. The van der Waals surface area contributed by atoms with Crippen molar-refractivity contribution in [3.63, 3.8) is 0 Å². The van der Waals surface area contributed by atoms with Crippen LogP contribution in [-0.4, -0.2) is 26.2 Å². The molecule has 3 N–H and O–H groups in total. The third-order valence-corrected chi connectivity index (χ3v) is 3.88. The highest BCUT2D eigenvalue weighted by molar-refractivity contribution is 14.0. The number of hydrogen-bond donors (Lipinski definition) is 2. The number of halogens is 1. The van der Waals surface area contributed by atoms with Crippen LogP contribution in [0.1, 0.15) is 25.7 Å². The second-order valence-corrected chi connectivity index (χ2v) is 5.29. The van der Waals surface area contributed by atoms with Gasteiger partial charge in [0.1, 0.15) is 0 Å². The fourth-order valence-corrected chi connectivity index (χ4v) is 2.44. The Morgan fingerprint density at radius 2 is 2.05 bits per heavy atom. The first-order valence-electron chi connectivity index (χ1n) is 6.85. The normalized spacial score (nSPS) is 16.9. The van der Waals surface area contributed by atoms with E-state index in [2.05, 4.69) is 10.3 Å². The molecule has 0 aromatic heterocycles. The number of hydrogen-bond acceptors (Lipinski definition) is 2. The molecular formula is C15H24IN3O. The number of nitrogens with two attached hydrogens (primary N) is 1. The molecule has 1 saturated carbocycles. The van der Waals surface area contributed by atoms with Gasteiger partial charge < -0.3 is 15.8 Å². The zero-order valence-electron chi connectivity index (χ0n) is 12.0. The highest BCUT2D eigenvalue weighted by atomic mass is 127. The summed E-state index contributed by atoms with van der Waals surface area (Å²) in [6.45, 7) is 1.60. The number of nitrogens with zero attached hydrogens (tertiary/aromatic N) is 1. The van der Waals surface area contributed by atoms with Crippen LogP contribution in [0, 0.1) is 5.41 Å². The molecule has 0 amide bonds. The summed E-state index contributed by atoms with van der Waals surface area (Å²) in [7, 11) is 1.75. The highest BCUT2D eigenvalue weighted by Gasteiger charge is 2.36. The fourth-order valence-electron chi connectivity index (χ4n) is 2.44. The zero-order chi connectivity index (χ0) is 13.6. The maximum absolute atomic E-state index is 5.93. The van der Waals surface area contributed by atoms with Crippen molar-refractivity contribution in [2.45, 2.75) is 25.7 Å². The summed E-state index contributed by atoms with van der Waals surface area (Å²) in [5.74, 6) is 0.495. The minimum Gasteiger partial charge on any atom is -0.385 e. The zero-order valence-corrected chi connectivity index (χ0v) is 14.3. The molecule has 1 aromatic carbocycles. The van der Waals surface area contributed by atoms with Gasteiger partial charge in [0.05, 0.1) is 0 Å². The first kappa shape index (κ1) is 17.2. The number of methoxy groups -OCH3 is 1. The predicted octanol–water partition coefficient (Wildman–Crippen LogP) is 3.24. The molecule has 0 atom stereocenters. The van der Waals surface area contributed by atoms with Gasteiger partial charge in [0, 0.05) is 25.9 Å². The minimum atomic E-state index is 0. The second kappa shape index (κ2) is 8.46. The molecule has 1 aliphatic rings. The van der Waals surface area contributed by atoms with E-state index in [0.29, 0.717) is 11.4 Å². The van der Waals surface area contributed by atoms with Crippen LogP contribution >= 0.6 is 24.0 Å². The molecular weight excluding hydrogens is 365 g/mol. The number of rotatable bonds is 6. The Morgan fingerprint density at radius 1 is 1.35 bits per heavy atom. The van der Waals surface area contributed by atoms with Crippen LogP contribution in [0.4, 0.5) is 5.69 Å². The maximum atomic E-state index is 5.93. The van der Waals surface area contributed by atoms with Crippen LogP contribution in [0.25, 0.3) is 0 Å². The van der Waals surface area contributed by atoms with Gasteiger partial charge >= 0.3 is 0 Å². The van der Waals surface area contributed by atoms with Crippen LogP contribution in [0.2, 0.25) is 0 Å². The van der Waals surface area contributed by atoms with Crippen molar-refractivity contribution in [2.24, 2.45) is 16.1 Å². The van der Waals surface area contributed by atoms with Gasteiger partial charge in [0.25, 0.3) is 0 Å². The van der Waals surface area contributed by atoms with Gasteiger partial charge in [-0.2, -0.15) is 0 Å². The Bertz CT molecular complexity index is 418. The first-order chi connectivity index (χ1) is 9.24. The largest absolute Gasteiger partial charge is 0.385 e. The summed E-state index contributed by atoms with van der Waals surface area (Å²) in [5.41, 5.74) is 7.22. The van der Waals surface area contributed by atoms with E-state index in [9.17, 15) is 0 Å². The molecule has 1 aromatic rings. The standard InChI is InChI=1S/C15H23N3O.HI/c1-19-11-10-15(8-5-9-15)12-17-14(16)18-13-6-3-2-4-7-13;/h2-4,6-7H,5,8-12H2,1H3,(H3,16,17,18);1H. The van der Waals surface area contributed by atoms with Gasteiger partial charge in [0.15, 0.2) is 5.96 Å². The van der Waals surface area contributed by atoms with Gasteiger partial charge in [0.2, 0.25) is 0 Å². The van der Waals surface area contributed by atoms with Gasteiger partial charge in [-0.25, -0.2) is 0 Å². The Balaban J connectivity index is 0.00000200. The van der Waals surface area contributed by atoms with Gasteiger partial charge in [-0.15, -0.1) is 24.0 Å². The number of aliphatic imine (C=N–C) groups is 1. The lowest BCUT2D eigenvalue weighted by Gasteiger charge is -2.40. The second-order valence-electron chi connectivity index (χ2n) is 5.29. The third kappa shape index (κ3) is 4.94. The lowest BCUT2D eigenvalue weighted by molar-refractivity contribution is 0.0780. The smallest absolute Gasteiger partial charge is 0.193 e. The van der Waals surface area contributed by atoms with Crippen molar-refractivity contribution in [1.82, 2.24) is 0 Å². The van der Waals surface area contributed by atoms with Crippen molar-refractivity contribution in [2.75, 3.05) is 25.6 Å². The lowest BCUT2D eigenvalue weighted by Crippen LogP contribution is -2.35. The molecule has 2 rings (SSSR count). The summed E-state index contributed by atoms with van der Waals surface area (Å²) < 4.78 is 5.18. The fraction of sp³-hybridized carbons (Fsp3) is 0.533. The van der Waals surface area contributed by atoms with Crippen LogP contribution < -0.4 is 11.1 Å². The predicted molar refractivity (Wildman–Crippen MR) is 94.7 cm³/mol. The highest BCUT2D eigenvalue weighted by Crippen LogP contribution is 2.44. The summed E-state index contributed by atoms with van der Waals surface area (Å²) in [6, 6.07) is 9.88. The maximum Gasteiger partial charge on any atom is 0.193 e.